The van der Waals surface area contributed by atoms with Gasteiger partial charge in [-0.25, -0.2) is 0 Å². The van der Waals surface area contributed by atoms with Crippen molar-refractivity contribution in [2.24, 2.45) is 9.98 Å². The maximum absolute atomic E-state index is 13.0. The molecular formula is C32H32N6O4. The molecule has 2 fully saturated rings. The summed E-state index contributed by atoms with van der Waals surface area (Å²) >= 11 is 0. The Bertz CT molecular complexity index is 1440. The van der Waals surface area contributed by atoms with Gasteiger partial charge in [-0.05, 0) is 61.1 Å². The van der Waals surface area contributed by atoms with Crippen LogP contribution < -0.4 is 10.6 Å². The second-order valence-corrected chi connectivity index (χ2v) is 10.9. The van der Waals surface area contributed by atoms with Crippen LogP contribution in [0, 0.1) is 0 Å². The molecule has 0 saturated carbocycles. The van der Waals surface area contributed by atoms with Crippen molar-refractivity contribution >= 4 is 47.4 Å². The van der Waals surface area contributed by atoms with Gasteiger partial charge >= 0.3 is 0 Å². The second-order valence-electron chi connectivity index (χ2n) is 10.9. The van der Waals surface area contributed by atoms with Crippen LogP contribution in [0.1, 0.15) is 46.4 Å². The third kappa shape index (κ3) is 5.79. The lowest BCUT2D eigenvalue weighted by atomic mass is 10.1. The number of hydrogen-bond acceptors (Lipinski definition) is 6. The first kappa shape index (κ1) is 27.3. The molecule has 0 radical (unpaired) electrons. The fourth-order valence-corrected chi connectivity index (χ4v) is 5.80. The Labute approximate surface area is 243 Å². The first-order chi connectivity index (χ1) is 20.5. The molecule has 10 heteroatoms. The summed E-state index contributed by atoms with van der Waals surface area (Å²) < 4.78 is 0. The molecule has 4 aliphatic rings. The third-order valence-corrected chi connectivity index (χ3v) is 7.92. The van der Waals surface area contributed by atoms with Gasteiger partial charge in [0.1, 0.15) is 0 Å². The Hall–Kier alpha value is -4.86. The van der Waals surface area contributed by atoms with Crippen molar-refractivity contribution in [2.75, 3.05) is 26.2 Å². The van der Waals surface area contributed by atoms with Gasteiger partial charge in [0.05, 0.1) is 34.6 Å². The van der Waals surface area contributed by atoms with Crippen molar-refractivity contribution in [1.29, 1.82) is 0 Å². The molecule has 214 valence electrons. The summed E-state index contributed by atoms with van der Waals surface area (Å²) in [4.78, 5) is 63.3. The summed E-state index contributed by atoms with van der Waals surface area (Å²) in [6, 6.07) is 14.3. The molecular weight excluding hydrogens is 532 g/mol. The monoisotopic (exact) mass is 564 g/mol. The summed E-state index contributed by atoms with van der Waals surface area (Å²) in [7, 11) is 0. The van der Waals surface area contributed by atoms with Gasteiger partial charge in [-0.15, -0.1) is 0 Å². The Kier molecular flexibility index (Phi) is 7.76. The first-order valence-corrected chi connectivity index (χ1v) is 14.3. The minimum absolute atomic E-state index is 0.0676. The van der Waals surface area contributed by atoms with Gasteiger partial charge in [-0.1, -0.05) is 24.3 Å². The van der Waals surface area contributed by atoms with Crippen LogP contribution in [-0.4, -0.2) is 84.1 Å². The number of nitrogens with one attached hydrogen (secondary N) is 2. The summed E-state index contributed by atoms with van der Waals surface area (Å²) in [6.07, 6.45) is 9.35. The quantitative estimate of drug-likeness (QED) is 0.396. The number of amides is 4. The number of hydrogen-bond donors (Lipinski definition) is 2. The van der Waals surface area contributed by atoms with E-state index in [9.17, 15) is 19.2 Å². The molecule has 2 saturated heterocycles. The average Bonchev–Trinajstić information content (AvgIpc) is 3.53. The van der Waals surface area contributed by atoms with Gasteiger partial charge in [0, 0.05) is 50.8 Å². The van der Waals surface area contributed by atoms with Gasteiger partial charge in [0.25, 0.3) is 11.8 Å². The maximum Gasteiger partial charge on any atom is 0.256 e. The van der Waals surface area contributed by atoms with Gasteiger partial charge in [-0.2, -0.15) is 0 Å². The standard InChI is InChI=1S/C32H32N6O4/c39-29(15-21-13-23-17-35-27-9-3-1-7-25(27)31(41)37(23)19-21)33-11-5-6-12-34-30(40)16-22-14-24-18-36-28-10-4-2-8-26(28)32(42)38(24)20-22/h1-4,7-10,15-18,23-24H,5-6,11-14,19-20H2,(H,33,39)(H,34,40)/b21-15-,22-16-/t23-,24-/m1/s1. The zero-order chi connectivity index (χ0) is 29.1. The largest absolute Gasteiger partial charge is 0.353 e. The normalized spacial score (nSPS) is 22.4. The molecule has 0 aromatic heterocycles. The first-order valence-electron chi connectivity index (χ1n) is 14.3. The smallest absolute Gasteiger partial charge is 0.256 e. The van der Waals surface area contributed by atoms with E-state index in [-0.39, 0.29) is 35.7 Å². The molecule has 4 aliphatic heterocycles. The Balaban J connectivity index is 0.906. The van der Waals surface area contributed by atoms with Crippen molar-refractivity contribution in [3.05, 3.63) is 83.0 Å². The van der Waals surface area contributed by atoms with E-state index < -0.39 is 0 Å². The third-order valence-electron chi connectivity index (χ3n) is 7.92. The molecule has 2 aromatic carbocycles. The van der Waals surface area contributed by atoms with Crippen molar-refractivity contribution in [3.63, 3.8) is 0 Å². The number of carbonyl (C=O) groups excluding carboxylic acids is 4. The second kappa shape index (κ2) is 11.9. The SMILES string of the molecule is O=C(/C=C1/C[C@@H]2C=Nc3ccccc3C(=O)N2C1)NCCCCNC(=O)/C=C1/C[C@@H]2C=Nc3ccccc3C(=O)N2C1. The van der Waals surface area contributed by atoms with Gasteiger partial charge < -0.3 is 20.4 Å². The molecule has 10 nitrogen and oxygen atoms in total. The molecule has 0 bridgehead atoms. The predicted octanol–water partition coefficient (Wildman–Crippen LogP) is 3.11. The van der Waals surface area contributed by atoms with E-state index in [2.05, 4.69) is 20.6 Å². The van der Waals surface area contributed by atoms with E-state index in [0.717, 1.165) is 11.1 Å². The van der Waals surface area contributed by atoms with E-state index >= 15 is 0 Å². The molecule has 4 heterocycles. The van der Waals surface area contributed by atoms with Crippen molar-refractivity contribution in [2.45, 2.75) is 37.8 Å². The van der Waals surface area contributed by atoms with Crippen LogP contribution in [-0.2, 0) is 9.59 Å². The summed E-state index contributed by atoms with van der Waals surface area (Å²) in [5, 5.41) is 5.79. The molecule has 6 rings (SSSR count). The fraction of sp³-hybridized carbons (Fsp3) is 0.312. The minimum Gasteiger partial charge on any atom is -0.353 e. The predicted molar refractivity (Wildman–Crippen MR) is 159 cm³/mol. The van der Waals surface area contributed by atoms with E-state index in [1.165, 1.54) is 0 Å². The van der Waals surface area contributed by atoms with E-state index in [0.29, 0.717) is 74.4 Å². The van der Waals surface area contributed by atoms with Crippen LogP contribution in [0.2, 0.25) is 0 Å². The lowest BCUT2D eigenvalue weighted by molar-refractivity contribution is -0.117. The molecule has 42 heavy (non-hydrogen) atoms. The van der Waals surface area contributed by atoms with E-state index in [4.69, 9.17) is 0 Å². The number of unbranched alkanes of at least 4 members (excludes halogenated alkanes) is 1. The van der Waals surface area contributed by atoms with Crippen LogP contribution in [0.25, 0.3) is 0 Å². The average molecular weight is 565 g/mol. The van der Waals surface area contributed by atoms with Gasteiger partial charge in [-0.3, -0.25) is 29.2 Å². The molecule has 2 N–H and O–H groups in total. The number of carbonyl (C=O) groups is 4. The lowest BCUT2D eigenvalue weighted by Gasteiger charge is -2.19. The maximum atomic E-state index is 13.0. The Morgan fingerprint density at radius 1 is 0.714 bits per heavy atom. The molecule has 4 amide bonds. The highest BCUT2D eigenvalue weighted by Crippen LogP contribution is 2.31. The highest BCUT2D eigenvalue weighted by Gasteiger charge is 2.35. The van der Waals surface area contributed by atoms with Crippen molar-refractivity contribution < 1.29 is 19.2 Å². The highest BCUT2D eigenvalue weighted by atomic mass is 16.2. The lowest BCUT2D eigenvalue weighted by Crippen LogP contribution is -2.35. The molecule has 0 aliphatic carbocycles. The molecule has 2 atom stereocenters. The van der Waals surface area contributed by atoms with Crippen molar-refractivity contribution in [1.82, 2.24) is 20.4 Å². The number of para-hydroxylation sites is 2. The molecule has 0 spiro atoms. The summed E-state index contributed by atoms with van der Waals surface area (Å²) in [6.45, 7) is 1.79. The molecule has 0 unspecified atom stereocenters. The van der Waals surface area contributed by atoms with E-state index in [1.54, 1.807) is 46.5 Å². The number of rotatable bonds is 7. The number of nitrogens with zero attached hydrogens (tertiary/aromatic N) is 4. The topological polar surface area (TPSA) is 124 Å². The fourth-order valence-electron chi connectivity index (χ4n) is 5.80. The summed E-state index contributed by atoms with van der Waals surface area (Å²) in [5.74, 6) is -0.505. The van der Waals surface area contributed by atoms with Crippen LogP contribution in [0.15, 0.2) is 81.8 Å². The van der Waals surface area contributed by atoms with Crippen LogP contribution in [0.4, 0.5) is 11.4 Å². The highest BCUT2D eigenvalue weighted by molar-refractivity contribution is 6.04. The van der Waals surface area contributed by atoms with Gasteiger partial charge in [0.2, 0.25) is 11.8 Å². The zero-order valence-corrected chi connectivity index (χ0v) is 23.2. The number of aliphatic imine (C=N–C) groups is 2. The number of benzene rings is 2. The summed E-state index contributed by atoms with van der Waals surface area (Å²) in [5.41, 5.74) is 4.30. The van der Waals surface area contributed by atoms with Crippen LogP contribution in [0.3, 0.4) is 0 Å². The Morgan fingerprint density at radius 2 is 1.14 bits per heavy atom. The number of fused-ring (bicyclic) bond motifs is 4. The van der Waals surface area contributed by atoms with E-state index in [1.807, 2.05) is 36.4 Å². The van der Waals surface area contributed by atoms with Gasteiger partial charge in [0.15, 0.2) is 0 Å². The zero-order valence-electron chi connectivity index (χ0n) is 23.2. The van der Waals surface area contributed by atoms with Crippen LogP contribution in [0.5, 0.6) is 0 Å². The Morgan fingerprint density at radius 3 is 1.60 bits per heavy atom. The van der Waals surface area contributed by atoms with Crippen LogP contribution >= 0.6 is 0 Å². The molecule has 2 aromatic rings. The van der Waals surface area contributed by atoms with Crippen molar-refractivity contribution in [3.8, 4) is 0 Å². The minimum atomic E-state index is -0.185.